The maximum Gasteiger partial charge on any atom is 0.0833 e. The van der Waals surface area contributed by atoms with Gasteiger partial charge in [0.05, 0.1) is 5.69 Å². The fourth-order valence-electron chi connectivity index (χ4n) is 2.10. The minimum absolute atomic E-state index is 0.421. The molecular formula is C14H19BrN4. The van der Waals surface area contributed by atoms with Gasteiger partial charge in [0.1, 0.15) is 0 Å². The molecule has 1 N–H and O–H groups in total. The minimum atomic E-state index is 0.421. The van der Waals surface area contributed by atoms with E-state index in [0.29, 0.717) is 5.92 Å². The van der Waals surface area contributed by atoms with Gasteiger partial charge >= 0.3 is 0 Å². The van der Waals surface area contributed by atoms with E-state index in [1.807, 2.05) is 13.2 Å². The molecule has 0 aliphatic heterocycles. The monoisotopic (exact) mass is 322 g/mol. The highest BCUT2D eigenvalue weighted by molar-refractivity contribution is 9.10. The molecule has 2 rings (SSSR count). The molecule has 0 aliphatic rings. The van der Waals surface area contributed by atoms with Gasteiger partial charge in [0.25, 0.3) is 0 Å². The summed E-state index contributed by atoms with van der Waals surface area (Å²) in [5, 5.41) is 11.6. The van der Waals surface area contributed by atoms with Crippen molar-refractivity contribution in [1.29, 1.82) is 0 Å². The van der Waals surface area contributed by atoms with Gasteiger partial charge in [-0.3, -0.25) is 4.68 Å². The van der Waals surface area contributed by atoms with Crippen molar-refractivity contribution in [2.45, 2.75) is 19.3 Å². The summed E-state index contributed by atoms with van der Waals surface area (Å²) in [6.07, 6.45) is 2.89. The van der Waals surface area contributed by atoms with Gasteiger partial charge in [0, 0.05) is 36.6 Å². The second kappa shape index (κ2) is 6.82. The number of nitrogens with one attached hydrogen (secondary N) is 1. The molecule has 1 unspecified atom stereocenters. The highest BCUT2D eigenvalue weighted by atomic mass is 79.9. The zero-order valence-electron chi connectivity index (χ0n) is 11.3. The van der Waals surface area contributed by atoms with Gasteiger partial charge in [-0.1, -0.05) is 40.2 Å². The smallest absolute Gasteiger partial charge is 0.0833 e. The molecule has 19 heavy (non-hydrogen) atoms. The molecule has 1 atom stereocenters. The highest BCUT2D eigenvalue weighted by Crippen LogP contribution is 2.21. The maximum absolute atomic E-state index is 4.18. The third-order valence-corrected chi connectivity index (χ3v) is 3.62. The van der Waals surface area contributed by atoms with E-state index >= 15 is 0 Å². The van der Waals surface area contributed by atoms with Crippen molar-refractivity contribution in [1.82, 2.24) is 20.3 Å². The molecule has 0 spiro atoms. The molecule has 0 amide bonds. The van der Waals surface area contributed by atoms with Gasteiger partial charge < -0.3 is 5.32 Å². The Hall–Kier alpha value is -1.20. The van der Waals surface area contributed by atoms with Crippen LogP contribution in [0.3, 0.4) is 0 Å². The Morgan fingerprint density at radius 2 is 2.05 bits per heavy atom. The number of hydrogen-bond donors (Lipinski definition) is 1. The number of hydrogen-bond acceptors (Lipinski definition) is 3. The Kier molecular flexibility index (Phi) is 5.10. The van der Waals surface area contributed by atoms with Crippen molar-refractivity contribution >= 4 is 15.9 Å². The molecule has 102 valence electrons. The van der Waals surface area contributed by atoms with Crippen molar-refractivity contribution in [3.05, 3.63) is 46.2 Å². The summed E-state index contributed by atoms with van der Waals surface area (Å²) in [6.45, 7) is 4.06. The first-order valence-electron chi connectivity index (χ1n) is 6.50. The number of likely N-dealkylation sites (N-methyl/N-ethyl adjacent to an activating group) is 1. The number of halogens is 1. The summed E-state index contributed by atoms with van der Waals surface area (Å²) < 4.78 is 2.86. The van der Waals surface area contributed by atoms with Gasteiger partial charge in [-0.2, -0.15) is 0 Å². The minimum Gasteiger partial charge on any atom is -0.316 e. The lowest BCUT2D eigenvalue weighted by Crippen LogP contribution is -2.22. The van der Waals surface area contributed by atoms with Crippen LogP contribution in [0.15, 0.2) is 34.9 Å². The van der Waals surface area contributed by atoms with Gasteiger partial charge in [-0.25, -0.2) is 0 Å². The molecule has 5 heteroatoms. The Bertz CT molecular complexity index is 506. The predicted molar refractivity (Wildman–Crippen MR) is 80.1 cm³/mol. The van der Waals surface area contributed by atoms with Crippen LogP contribution in [-0.4, -0.2) is 28.1 Å². The summed E-state index contributed by atoms with van der Waals surface area (Å²) >= 11 is 3.48. The van der Waals surface area contributed by atoms with Crippen LogP contribution >= 0.6 is 15.9 Å². The van der Waals surface area contributed by atoms with Gasteiger partial charge in [-0.05, 0) is 24.2 Å². The third-order valence-electron chi connectivity index (χ3n) is 3.09. The van der Waals surface area contributed by atoms with E-state index in [0.717, 1.165) is 29.7 Å². The number of aryl methyl sites for hydroxylation is 1. The number of nitrogens with zero attached hydrogens (tertiary/aromatic N) is 3. The fourth-order valence-corrected chi connectivity index (χ4v) is 2.37. The lowest BCUT2D eigenvalue weighted by molar-refractivity contribution is 0.588. The molecule has 0 radical (unpaired) electrons. The summed E-state index contributed by atoms with van der Waals surface area (Å²) in [7, 11) is 1.90. The first-order valence-corrected chi connectivity index (χ1v) is 7.29. The fraction of sp³-hybridized carbons (Fsp3) is 0.429. The summed E-state index contributed by atoms with van der Waals surface area (Å²) in [4.78, 5) is 0. The SMILES string of the molecule is CCNCC(Cc1cn(C)nn1)c1ccc(Br)cc1. The molecule has 4 nitrogen and oxygen atoms in total. The average Bonchev–Trinajstić information content (AvgIpc) is 2.81. The van der Waals surface area contributed by atoms with Crippen molar-refractivity contribution < 1.29 is 0 Å². The van der Waals surface area contributed by atoms with Crippen LogP contribution in [0.4, 0.5) is 0 Å². The number of rotatable bonds is 6. The predicted octanol–water partition coefficient (Wildman–Crippen LogP) is 2.51. The van der Waals surface area contributed by atoms with E-state index in [-0.39, 0.29) is 0 Å². The molecule has 2 aromatic rings. The van der Waals surface area contributed by atoms with Crippen molar-refractivity contribution in [2.24, 2.45) is 7.05 Å². The second-order valence-corrected chi connectivity index (χ2v) is 5.56. The van der Waals surface area contributed by atoms with Crippen molar-refractivity contribution in [3.8, 4) is 0 Å². The lowest BCUT2D eigenvalue weighted by atomic mass is 9.94. The molecule has 0 saturated heterocycles. The highest BCUT2D eigenvalue weighted by Gasteiger charge is 2.14. The van der Waals surface area contributed by atoms with Crippen molar-refractivity contribution in [2.75, 3.05) is 13.1 Å². The maximum atomic E-state index is 4.18. The van der Waals surface area contributed by atoms with Crippen LogP contribution in [0.1, 0.15) is 24.1 Å². The Labute approximate surface area is 122 Å². The molecule has 1 aromatic carbocycles. The van der Waals surface area contributed by atoms with Crippen LogP contribution < -0.4 is 5.32 Å². The standard InChI is InChI=1S/C14H19BrN4/c1-3-16-9-12(8-14-10-19(2)18-17-14)11-4-6-13(15)7-5-11/h4-7,10,12,16H,3,8-9H2,1-2H3. The van der Waals surface area contributed by atoms with E-state index in [9.17, 15) is 0 Å². The largest absolute Gasteiger partial charge is 0.316 e. The van der Waals surface area contributed by atoms with Crippen LogP contribution in [0, 0.1) is 0 Å². The third kappa shape index (κ3) is 4.14. The molecule has 0 saturated carbocycles. The molecular weight excluding hydrogens is 304 g/mol. The van der Waals surface area contributed by atoms with Crippen LogP contribution in [-0.2, 0) is 13.5 Å². The average molecular weight is 323 g/mol. The van der Waals surface area contributed by atoms with Crippen molar-refractivity contribution in [3.63, 3.8) is 0 Å². The van der Waals surface area contributed by atoms with Crippen LogP contribution in [0.25, 0.3) is 0 Å². The number of benzene rings is 1. The number of aromatic nitrogens is 3. The topological polar surface area (TPSA) is 42.7 Å². The summed E-state index contributed by atoms with van der Waals surface area (Å²) in [5.74, 6) is 0.421. The lowest BCUT2D eigenvalue weighted by Gasteiger charge is -2.16. The van der Waals surface area contributed by atoms with Gasteiger partial charge in [-0.15, -0.1) is 5.10 Å². The molecule has 0 bridgehead atoms. The summed E-state index contributed by atoms with van der Waals surface area (Å²) in [5.41, 5.74) is 2.36. The Morgan fingerprint density at radius 3 is 2.63 bits per heavy atom. The Morgan fingerprint density at radius 1 is 1.32 bits per heavy atom. The van der Waals surface area contributed by atoms with E-state index in [1.54, 1.807) is 4.68 Å². The van der Waals surface area contributed by atoms with E-state index in [4.69, 9.17) is 0 Å². The Balaban J connectivity index is 2.13. The zero-order valence-corrected chi connectivity index (χ0v) is 12.9. The first-order chi connectivity index (χ1) is 9.19. The quantitative estimate of drug-likeness (QED) is 0.888. The first kappa shape index (κ1) is 14.2. The summed E-state index contributed by atoms with van der Waals surface area (Å²) in [6, 6.07) is 8.51. The molecule has 1 heterocycles. The zero-order chi connectivity index (χ0) is 13.7. The van der Waals surface area contributed by atoms with Gasteiger partial charge in [0.2, 0.25) is 0 Å². The molecule has 0 fully saturated rings. The molecule has 1 aromatic heterocycles. The van der Waals surface area contributed by atoms with E-state index in [1.165, 1.54) is 5.56 Å². The second-order valence-electron chi connectivity index (χ2n) is 4.64. The normalized spacial score (nSPS) is 12.6. The van der Waals surface area contributed by atoms with Gasteiger partial charge in [0.15, 0.2) is 0 Å². The van der Waals surface area contributed by atoms with Crippen LogP contribution in [0.5, 0.6) is 0 Å². The molecule has 0 aliphatic carbocycles. The van der Waals surface area contributed by atoms with E-state index < -0.39 is 0 Å². The van der Waals surface area contributed by atoms with Crippen LogP contribution in [0.2, 0.25) is 0 Å². The van der Waals surface area contributed by atoms with E-state index in [2.05, 4.69) is 62.7 Å².